The standard InChI is InChI=1S/C21H32BClSi2/c1-24(2,3)21-20(22-17-9-7-10-18(22)12-8-11-17)15-16-25(21,23)19-13-5-4-6-14-19/h4-6,13-14,17-18H,7-12,15-16H2,1-3H3. The van der Waals surface area contributed by atoms with Gasteiger partial charge in [-0.05, 0) is 17.7 Å². The van der Waals surface area contributed by atoms with E-state index in [1.165, 1.54) is 56.2 Å². The molecule has 1 atom stereocenters. The fourth-order valence-electron chi connectivity index (χ4n) is 6.46. The third-order valence-electron chi connectivity index (χ3n) is 7.16. The van der Waals surface area contributed by atoms with Gasteiger partial charge in [0.05, 0.1) is 8.07 Å². The lowest BCUT2D eigenvalue weighted by atomic mass is 9.24. The lowest BCUT2D eigenvalue weighted by molar-refractivity contribution is 0.445. The van der Waals surface area contributed by atoms with Crippen LogP contribution in [0.1, 0.15) is 44.9 Å². The third-order valence-corrected chi connectivity index (χ3v) is 18.1. The summed E-state index contributed by atoms with van der Waals surface area (Å²) in [6.07, 6.45) is 10.2. The highest BCUT2D eigenvalue weighted by Gasteiger charge is 2.52. The summed E-state index contributed by atoms with van der Waals surface area (Å²) in [6.45, 7) is 8.55. The molecule has 3 aliphatic rings. The van der Waals surface area contributed by atoms with Gasteiger partial charge in [-0.25, -0.2) is 0 Å². The number of hydrogen-bond donors (Lipinski definition) is 0. The van der Waals surface area contributed by atoms with E-state index in [4.69, 9.17) is 11.1 Å². The molecule has 2 fully saturated rings. The molecule has 1 aromatic rings. The summed E-state index contributed by atoms with van der Waals surface area (Å²) in [7, 11) is -3.44. The first-order chi connectivity index (χ1) is 11.9. The topological polar surface area (TPSA) is 0 Å². The van der Waals surface area contributed by atoms with Gasteiger partial charge in [0.2, 0.25) is 7.38 Å². The van der Waals surface area contributed by atoms with Crippen LogP contribution >= 0.6 is 11.1 Å². The van der Waals surface area contributed by atoms with Crippen molar-refractivity contribution >= 4 is 38.4 Å². The molecule has 134 valence electrons. The highest BCUT2D eigenvalue weighted by molar-refractivity contribution is 7.37. The summed E-state index contributed by atoms with van der Waals surface area (Å²) < 4.78 is 0. The molecule has 0 spiro atoms. The first-order valence-corrected chi connectivity index (χ1v) is 17.1. The Kier molecular flexibility index (Phi) is 4.88. The van der Waals surface area contributed by atoms with Crippen molar-refractivity contribution < 1.29 is 0 Å². The van der Waals surface area contributed by atoms with Crippen LogP contribution in [0.2, 0.25) is 37.3 Å². The van der Waals surface area contributed by atoms with Crippen molar-refractivity contribution in [2.24, 2.45) is 0 Å². The Morgan fingerprint density at radius 2 is 1.52 bits per heavy atom. The molecule has 3 heterocycles. The van der Waals surface area contributed by atoms with Gasteiger partial charge in [0.15, 0.2) is 6.71 Å². The average Bonchev–Trinajstić information content (AvgIpc) is 2.94. The van der Waals surface area contributed by atoms with Crippen molar-refractivity contribution in [3.8, 4) is 0 Å². The lowest BCUT2D eigenvalue weighted by Gasteiger charge is -2.43. The van der Waals surface area contributed by atoms with Gasteiger partial charge in [0, 0.05) is 0 Å². The first-order valence-electron chi connectivity index (χ1n) is 10.4. The van der Waals surface area contributed by atoms with Crippen molar-refractivity contribution in [2.45, 2.75) is 82.3 Å². The second kappa shape index (κ2) is 6.73. The number of fused-ring (bicyclic) bond motifs is 2. The molecule has 0 aromatic heterocycles. The van der Waals surface area contributed by atoms with Crippen molar-refractivity contribution in [1.82, 2.24) is 0 Å². The molecule has 1 aromatic carbocycles. The highest BCUT2D eigenvalue weighted by Crippen LogP contribution is 2.54. The van der Waals surface area contributed by atoms with Crippen molar-refractivity contribution in [3.05, 3.63) is 40.6 Å². The van der Waals surface area contributed by atoms with Gasteiger partial charge in [-0.3, -0.25) is 0 Å². The van der Waals surface area contributed by atoms with Crippen LogP contribution in [0.15, 0.2) is 40.6 Å². The molecular weight excluding hydrogens is 355 g/mol. The zero-order valence-corrected chi connectivity index (χ0v) is 18.9. The van der Waals surface area contributed by atoms with E-state index in [1.807, 2.05) is 10.3 Å². The highest BCUT2D eigenvalue weighted by atomic mass is 35.6. The van der Waals surface area contributed by atoms with Crippen LogP contribution in [0.4, 0.5) is 0 Å². The van der Waals surface area contributed by atoms with Crippen LogP contribution in [0.25, 0.3) is 0 Å². The number of benzene rings is 1. The van der Waals surface area contributed by atoms with Crippen LogP contribution < -0.4 is 5.19 Å². The zero-order valence-electron chi connectivity index (χ0n) is 16.2. The molecule has 0 amide bonds. The van der Waals surface area contributed by atoms with Gasteiger partial charge in [0.25, 0.3) is 0 Å². The van der Waals surface area contributed by atoms with E-state index in [2.05, 4.69) is 50.0 Å². The van der Waals surface area contributed by atoms with Crippen LogP contribution in [0.3, 0.4) is 0 Å². The Morgan fingerprint density at radius 3 is 2.04 bits per heavy atom. The van der Waals surface area contributed by atoms with E-state index in [0.717, 1.165) is 18.3 Å². The average molecular weight is 387 g/mol. The minimum absolute atomic E-state index is 0.890. The normalized spacial score (nSPS) is 33.0. The summed E-state index contributed by atoms with van der Waals surface area (Å²) >= 11 is 7.63. The largest absolute Gasteiger partial charge is 0.209 e. The minimum Gasteiger partial charge on any atom is -0.156 e. The van der Waals surface area contributed by atoms with Crippen molar-refractivity contribution in [1.29, 1.82) is 0 Å². The molecule has 0 N–H and O–H groups in total. The lowest BCUT2D eigenvalue weighted by Crippen LogP contribution is -2.51. The Labute approximate surface area is 161 Å². The van der Waals surface area contributed by atoms with Crippen LogP contribution in [0.5, 0.6) is 0 Å². The smallest absolute Gasteiger partial charge is 0.156 e. The van der Waals surface area contributed by atoms with Gasteiger partial charge >= 0.3 is 0 Å². The maximum Gasteiger partial charge on any atom is 0.209 e. The summed E-state index contributed by atoms with van der Waals surface area (Å²) in [5, 5.41) is 1.48. The predicted molar refractivity (Wildman–Crippen MR) is 118 cm³/mol. The number of allylic oxidation sites excluding steroid dienone is 1. The van der Waals surface area contributed by atoms with Crippen LogP contribution in [0, 0.1) is 0 Å². The van der Waals surface area contributed by atoms with Gasteiger partial charge in [-0.15, -0.1) is 5.47 Å². The van der Waals surface area contributed by atoms with Crippen LogP contribution in [-0.4, -0.2) is 22.2 Å². The number of rotatable bonds is 3. The van der Waals surface area contributed by atoms with E-state index < -0.39 is 15.5 Å². The molecular formula is C21H32BClSi2. The Balaban J connectivity index is 1.83. The second-order valence-electron chi connectivity index (χ2n) is 9.73. The molecule has 3 aliphatic heterocycles. The monoisotopic (exact) mass is 386 g/mol. The van der Waals surface area contributed by atoms with Gasteiger partial charge in [-0.2, -0.15) is 11.1 Å². The fraction of sp³-hybridized carbons (Fsp3) is 0.619. The second-order valence-corrected chi connectivity index (χ2v) is 20.3. The summed E-state index contributed by atoms with van der Waals surface area (Å²) in [4.78, 5) is 1.84. The molecule has 4 rings (SSSR count). The molecule has 2 bridgehead atoms. The molecule has 1 unspecified atom stereocenters. The maximum atomic E-state index is 7.63. The first kappa shape index (κ1) is 18.1. The zero-order chi connectivity index (χ0) is 17.7. The van der Waals surface area contributed by atoms with E-state index in [1.54, 1.807) is 0 Å². The molecule has 4 heteroatoms. The minimum atomic E-state index is -2.01. The Morgan fingerprint density at radius 1 is 0.960 bits per heavy atom. The SMILES string of the molecule is C[Si](C)(C)C1=C(B2C3CCCC2CCC3)CC[Si]1(Cl)c1ccccc1. The summed E-state index contributed by atoms with van der Waals surface area (Å²) in [5.74, 6) is 1.94. The molecule has 0 aliphatic carbocycles. The molecule has 25 heavy (non-hydrogen) atoms. The molecule has 0 nitrogen and oxygen atoms in total. The maximum absolute atomic E-state index is 7.63. The van der Waals surface area contributed by atoms with Gasteiger partial charge < -0.3 is 0 Å². The summed E-state index contributed by atoms with van der Waals surface area (Å²) in [5.41, 5.74) is 1.89. The van der Waals surface area contributed by atoms with Crippen LogP contribution in [-0.2, 0) is 0 Å². The van der Waals surface area contributed by atoms with E-state index >= 15 is 0 Å². The molecule has 0 saturated carbocycles. The molecule has 2 saturated heterocycles. The van der Waals surface area contributed by atoms with Crippen molar-refractivity contribution in [3.63, 3.8) is 0 Å². The molecule has 0 radical (unpaired) electrons. The van der Waals surface area contributed by atoms with E-state index in [-0.39, 0.29) is 0 Å². The Hall–Kier alpha value is -0.251. The van der Waals surface area contributed by atoms with Gasteiger partial charge in [0.1, 0.15) is 0 Å². The summed E-state index contributed by atoms with van der Waals surface area (Å²) in [6, 6.07) is 12.4. The third kappa shape index (κ3) is 3.15. The van der Waals surface area contributed by atoms with Crippen molar-refractivity contribution in [2.75, 3.05) is 0 Å². The quantitative estimate of drug-likeness (QED) is 0.420. The fourth-order valence-corrected chi connectivity index (χ4v) is 19.8. The number of halogens is 1. The number of hydrogen-bond acceptors (Lipinski definition) is 0. The predicted octanol–water partition coefficient (Wildman–Crippen LogP) is 6.34. The van der Waals surface area contributed by atoms with Gasteiger partial charge in [-0.1, -0.05) is 105 Å². The van der Waals surface area contributed by atoms with E-state index in [9.17, 15) is 0 Å². The van der Waals surface area contributed by atoms with E-state index in [0.29, 0.717) is 0 Å². The Bertz CT molecular complexity index is 644.